The highest BCUT2D eigenvalue weighted by Crippen LogP contribution is 2.60. The molecule has 0 bridgehead atoms. The number of rotatable bonds is 14. The Hall–Kier alpha value is -8.20. The summed E-state index contributed by atoms with van der Waals surface area (Å²) in [5.74, 6) is 2.66. The molecule has 12 rings (SSSR count). The Morgan fingerprint density at radius 3 is 1.30 bits per heavy atom. The summed E-state index contributed by atoms with van der Waals surface area (Å²) >= 11 is 0. The van der Waals surface area contributed by atoms with Gasteiger partial charge in [0.1, 0.15) is 12.4 Å². The minimum Gasteiger partial charge on any atom is -0.489 e. The van der Waals surface area contributed by atoms with Crippen LogP contribution in [0.1, 0.15) is 122 Å². The lowest BCUT2D eigenvalue weighted by atomic mass is 9.67. The molecule has 0 radical (unpaired) electrons. The predicted octanol–water partition coefficient (Wildman–Crippen LogP) is 19.5. The second-order valence-electron chi connectivity index (χ2n) is 23.3. The van der Waals surface area contributed by atoms with Crippen molar-refractivity contribution in [2.24, 2.45) is 11.8 Å². The molecule has 2 heteroatoms. The van der Waals surface area contributed by atoms with Gasteiger partial charge in [0.2, 0.25) is 0 Å². The van der Waals surface area contributed by atoms with E-state index in [2.05, 4.69) is 302 Å². The van der Waals surface area contributed by atoms with Gasteiger partial charge in [-0.2, -0.15) is 0 Å². The van der Waals surface area contributed by atoms with Crippen molar-refractivity contribution in [3.63, 3.8) is 0 Å². The molecule has 0 amide bonds. The summed E-state index contributed by atoms with van der Waals surface area (Å²) < 4.78 is 6.62. The van der Waals surface area contributed by atoms with Crippen molar-refractivity contribution >= 4 is 17.1 Å². The van der Waals surface area contributed by atoms with Crippen LogP contribution in [0.3, 0.4) is 0 Å². The van der Waals surface area contributed by atoms with Crippen LogP contribution in [0.4, 0.5) is 17.1 Å². The van der Waals surface area contributed by atoms with Gasteiger partial charge in [0.05, 0.1) is 10.8 Å². The Labute approximate surface area is 457 Å². The third-order valence-electron chi connectivity index (χ3n) is 16.8. The zero-order valence-electron chi connectivity index (χ0n) is 45.7. The van der Waals surface area contributed by atoms with Crippen molar-refractivity contribution in [3.8, 4) is 28.0 Å². The van der Waals surface area contributed by atoms with Crippen LogP contribution in [0.15, 0.2) is 249 Å². The molecule has 2 atom stereocenters. The second-order valence-corrected chi connectivity index (χ2v) is 23.3. The van der Waals surface area contributed by atoms with Crippen LogP contribution in [0.5, 0.6) is 5.75 Å². The maximum atomic E-state index is 6.62. The summed E-state index contributed by atoms with van der Waals surface area (Å²) in [5, 5.41) is 0. The van der Waals surface area contributed by atoms with E-state index in [0.29, 0.717) is 24.4 Å². The van der Waals surface area contributed by atoms with Crippen molar-refractivity contribution in [3.05, 3.63) is 310 Å². The molecule has 380 valence electrons. The average Bonchev–Trinajstić information content (AvgIpc) is 4.08. The normalized spacial score (nSPS) is 15.4. The first-order valence-corrected chi connectivity index (χ1v) is 27.8. The van der Waals surface area contributed by atoms with Crippen molar-refractivity contribution < 1.29 is 4.74 Å². The SMILES string of the molecule is CC(C)CC(c1ccc(COc2ccc(C3(c4ccc(C(C)(C)C)cc4)c4ccccc4-c4ccc(N(c5ccccc5)c5ccc6c(c5)C(c5ccccc5)(c5ccccc5)c5ccccc5-6)cc43)cc2)cc1)C(C)C. The summed E-state index contributed by atoms with van der Waals surface area (Å²) in [7, 11) is 0. The highest BCUT2D eigenvalue weighted by Gasteiger charge is 2.48. The minimum absolute atomic E-state index is 0.0000981. The molecule has 0 saturated heterocycles. The van der Waals surface area contributed by atoms with Gasteiger partial charge in [-0.3, -0.25) is 0 Å². The van der Waals surface area contributed by atoms with Crippen molar-refractivity contribution in [1.82, 2.24) is 0 Å². The molecule has 77 heavy (non-hydrogen) atoms. The molecule has 0 aliphatic heterocycles. The van der Waals surface area contributed by atoms with Gasteiger partial charge in [0.25, 0.3) is 0 Å². The number of hydrogen-bond acceptors (Lipinski definition) is 2. The van der Waals surface area contributed by atoms with Gasteiger partial charge in [0, 0.05) is 17.1 Å². The van der Waals surface area contributed by atoms with E-state index in [1.165, 1.54) is 89.9 Å². The Kier molecular flexibility index (Phi) is 12.9. The summed E-state index contributed by atoms with van der Waals surface area (Å²) in [4.78, 5) is 2.47. The number of nitrogens with zero attached hydrogens (tertiary/aromatic N) is 1. The zero-order valence-corrected chi connectivity index (χ0v) is 45.7. The van der Waals surface area contributed by atoms with Crippen LogP contribution < -0.4 is 9.64 Å². The van der Waals surface area contributed by atoms with E-state index in [1.54, 1.807) is 0 Å². The molecule has 0 N–H and O–H groups in total. The van der Waals surface area contributed by atoms with E-state index in [1.807, 2.05) is 0 Å². The predicted molar refractivity (Wildman–Crippen MR) is 322 cm³/mol. The molecule has 0 heterocycles. The number of ether oxygens (including phenoxy) is 1. The zero-order chi connectivity index (χ0) is 52.9. The van der Waals surface area contributed by atoms with Gasteiger partial charge < -0.3 is 9.64 Å². The topological polar surface area (TPSA) is 12.5 Å². The van der Waals surface area contributed by atoms with Crippen LogP contribution >= 0.6 is 0 Å². The summed E-state index contributed by atoms with van der Waals surface area (Å²) in [6.45, 7) is 16.7. The Balaban J connectivity index is 1.01. The van der Waals surface area contributed by atoms with Crippen LogP contribution in [-0.4, -0.2) is 0 Å². The lowest BCUT2D eigenvalue weighted by Crippen LogP contribution is -2.29. The van der Waals surface area contributed by atoms with Crippen LogP contribution in [0.25, 0.3) is 22.3 Å². The highest BCUT2D eigenvalue weighted by atomic mass is 16.5. The van der Waals surface area contributed by atoms with E-state index < -0.39 is 10.8 Å². The highest BCUT2D eigenvalue weighted by molar-refractivity contribution is 5.92. The first kappa shape index (κ1) is 49.7. The summed E-state index contributed by atoms with van der Waals surface area (Å²) in [6, 6.07) is 93.2. The fraction of sp³-hybridized carbons (Fsp3) is 0.200. The standard InChI is InChI=1S/C75H69NO/c1-51(2)47-68(52(3)4)54-33-31-53(32-34-54)50-77-63-43-39-59(40-44-63)75(58-37-35-55(36-38-58)73(5,6)7)70-30-20-18-28-65(70)67-46-42-62(49-72(67)75)76(60-25-15-10-16-26-60)61-41-45-66-64-27-17-19-29-69(64)74(71(66)48-61,56-21-11-8-12-22-56)57-23-13-9-14-24-57/h8-46,48-49,51-52,68H,47,50H2,1-7H3. The van der Waals surface area contributed by atoms with Crippen LogP contribution in [0.2, 0.25) is 0 Å². The van der Waals surface area contributed by atoms with E-state index >= 15 is 0 Å². The molecule has 0 spiro atoms. The summed E-state index contributed by atoms with van der Waals surface area (Å²) in [5.41, 5.74) is 21.1. The Bertz CT molecular complexity index is 3640. The first-order chi connectivity index (χ1) is 37.5. The number of para-hydroxylation sites is 1. The molecule has 2 nitrogen and oxygen atoms in total. The van der Waals surface area contributed by atoms with E-state index in [4.69, 9.17) is 4.74 Å². The minimum atomic E-state index is -0.645. The monoisotopic (exact) mass is 1000 g/mol. The molecule has 0 aromatic heterocycles. The van der Waals surface area contributed by atoms with Crippen molar-refractivity contribution in [2.45, 2.75) is 83.7 Å². The number of benzene rings is 10. The fourth-order valence-electron chi connectivity index (χ4n) is 13.1. The van der Waals surface area contributed by atoms with Gasteiger partial charge in [-0.25, -0.2) is 0 Å². The smallest absolute Gasteiger partial charge is 0.119 e. The van der Waals surface area contributed by atoms with Gasteiger partial charge in [-0.05, 0) is 162 Å². The molecule has 2 aliphatic rings. The first-order valence-electron chi connectivity index (χ1n) is 27.8. The molecule has 0 fully saturated rings. The Morgan fingerprint density at radius 2 is 0.831 bits per heavy atom. The van der Waals surface area contributed by atoms with Gasteiger partial charge in [-0.1, -0.05) is 249 Å². The quantitative estimate of drug-likeness (QED) is 0.108. The Morgan fingerprint density at radius 1 is 0.403 bits per heavy atom. The average molecular weight is 1000 g/mol. The molecular weight excluding hydrogens is 931 g/mol. The maximum absolute atomic E-state index is 6.62. The van der Waals surface area contributed by atoms with E-state index in [0.717, 1.165) is 22.8 Å². The van der Waals surface area contributed by atoms with E-state index in [9.17, 15) is 0 Å². The van der Waals surface area contributed by atoms with Gasteiger partial charge in [0.15, 0.2) is 0 Å². The maximum Gasteiger partial charge on any atom is 0.119 e. The third kappa shape index (κ3) is 8.60. The second kappa shape index (κ2) is 20.1. The van der Waals surface area contributed by atoms with Crippen molar-refractivity contribution in [2.75, 3.05) is 4.90 Å². The number of fused-ring (bicyclic) bond motifs is 6. The number of hydrogen-bond donors (Lipinski definition) is 0. The molecule has 2 aliphatic carbocycles. The lowest BCUT2D eigenvalue weighted by Gasteiger charge is -2.36. The fourth-order valence-corrected chi connectivity index (χ4v) is 13.1. The molecule has 2 unspecified atom stereocenters. The molecular formula is C75H69NO. The lowest BCUT2D eigenvalue weighted by molar-refractivity contribution is 0.306. The van der Waals surface area contributed by atoms with Crippen molar-refractivity contribution in [1.29, 1.82) is 0 Å². The summed E-state index contributed by atoms with van der Waals surface area (Å²) in [6.07, 6.45) is 1.19. The third-order valence-corrected chi connectivity index (χ3v) is 16.8. The molecule has 10 aromatic rings. The molecule has 0 saturated carbocycles. The van der Waals surface area contributed by atoms with Crippen LogP contribution in [0, 0.1) is 11.8 Å². The molecule has 10 aromatic carbocycles. The van der Waals surface area contributed by atoms with Gasteiger partial charge in [-0.15, -0.1) is 0 Å². The number of anilines is 3. The largest absolute Gasteiger partial charge is 0.489 e. The van der Waals surface area contributed by atoms with E-state index in [-0.39, 0.29) is 5.41 Å². The van der Waals surface area contributed by atoms with Gasteiger partial charge >= 0.3 is 0 Å². The van der Waals surface area contributed by atoms with Crippen LogP contribution in [-0.2, 0) is 22.9 Å².